The standard InChI is InChI=1S/C22H22ClN3O6/c1-22(2,21(29)30)26-19(27)12-32-18-6-13(10-24)4-5-14(18)11-25-20(28)15-7-16(23)9-17(8-15)31-3/h4-9H,11-12H2,1-3H3,(H,25,28)(H,26,27)(H,29,30). The van der Waals surface area contributed by atoms with Gasteiger partial charge in [0.2, 0.25) is 0 Å². The maximum absolute atomic E-state index is 12.5. The van der Waals surface area contributed by atoms with Crippen molar-refractivity contribution in [1.82, 2.24) is 10.6 Å². The highest BCUT2D eigenvalue weighted by molar-refractivity contribution is 6.31. The lowest BCUT2D eigenvalue weighted by molar-refractivity contribution is -0.146. The molecular formula is C22H22ClN3O6. The number of carbonyl (C=O) groups is 3. The van der Waals surface area contributed by atoms with Crippen LogP contribution in [0.1, 0.15) is 35.3 Å². The Hall–Kier alpha value is -3.77. The number of benzene rings is 2. The molecule has 0 atom stereocenters. The summed E-state index contributed by atoms with van der Waals surface area (Å²) in [5.41, 5.74) is -0.373. The molecule has 2 aromatic carbocycles. The number of nitrogens with zero attached hydrogens (tertiary/aromatic N) is 1. The Balaban J connectivity index is 2.11. The fourth-order valence-electron chi connectivity index (χ4n) is 2.58. The van der Waals surface area contributed by atoms with Crippen molar-refractivity contribution in [1.29, 1.82) is 5.26 Å². The summed E-state index contributed by atoms with van der Waals surface area (Å²) in [6, 6.07) is 11.1. The number of amides is 2. The second-order valence-corrected chi connectivity index (χ2v) is 7.70. The van der Waals surface area contributed by atoms with Gasteiger partial charge in [-0.25, -0.2) is 4.79 Å². The number of aliphatic carboxylic acids is 1. The van der Waals surface area contributed by atoms with Crippen LogP contribution in [0.2, 0.25) is 5.02 Å². The van der Waals surface area contributed by atoms with E-state index in [0.717, 1.165) is 0 Å². The Morgan fingerprint density at radius 3 is 2.53 bits per heavy atom. The number of methoxy groups -OCH3 is 1. The van der Waals surface area contributed by atoms with Gasteiger partial charge in [0.25, 0.3) is 11.8 Å². The van der Waals surface area contributed by atoms with E-state index in [1.54, 1.807) is 18.2 Å². The van der Waals surface area contributed by atoms with Crippen molar-refractivity contribution < 1.29 is 29.0 Å². The number of halogens is 1. The fraction of sp³-hybridized carbons (Fsp3) is 0.273. The molecule has 0 aliphatic carbocycles. The average Bonchev–Trinajstić information content (AvgIpc) is 2.75. The van der Waals surface area contributed by atoms with Crippen molar-refractivity contribution in [2.75, 3.05) is 13.7 Å². The van der Waals surface area contributed by atoms with Crippen LogP contribution in [0.3, 0.4) is 0 Å². The minimum atomic E-state index is -1.47. The highest BCUT2D eigenvalue weighted by Crippen LogP contribution is 2.23. The maximum atomic E-state index is 12.5. The number of carboxylic acids is 1. The lowest BCUT2D eigenvalue weighted by Crippen LogP contribution is -2.51. The Bertz CT molecular complexity index is 1080. The molecule has 0 saturated carbocycles. The van der Waals surface area contributed by atoms with Crippen LogP contribution in [-0.4, -0.2) is 42.1 Å². The van der Waals surface area contributed by atoms with Gasteiger partial charge in [0.15, 0.2) is 6.61 Å². The van der Waals surface area contributed by atoms with Gasteiger partial charge in [-0.05, 0) is 44.2 Å². The van der Waals surface area contributed by atoms with Gasteiger partial charge in [0.1, 0.15) is 17.0 Å². The van der Waals surface area contributed by atoms with E-state index in [1.165, 1.54) is 39.2 Å². The van der Waals surface area contributed by atoms with Gasteiger partial charge in [-0.15, -0.1) is 0 Å². The number of carbonyl (C=O) groups excluding carboxylic acids is 2. The molecule has 2 rings (SSSR count). The van der Waals surface area contributed by atoms with Crippen LogP contribution in [0.4, 0.5) is 0 Å². The number of nitriles is 1. The molecule has 3 N–H and O–H groups in total. The first-order valence-corrected chi connectivity index (χ1v) is 9.76. The summed E-state index contributed by atoms with van der Waals surface area (Å²) < 4.78 is 10.6. The maximum Gasteiger partial charge on any atom is 0.328 e. The van der Waals surface area contributed by atoms with Crippen LogP contribution in [0, 0.1) is 11.3 Å². The minimum Gasteiger partial charge on any atom is -0.497 e. The van der Waals surface area contributed by atoms with Gasteiger partial charge in [-0.3, -0.25) is 9.59 Å². The summed E-state index contributed by atoms with van der Waals surface area (Å²) in [4.78, 5) is 35.8. The number of ether oxygens (including phenoxy) is 2. The summed E-state index contributed by atoms with van der Waals surface area (Å²) in [6.45, 7) is 2.25. The minimum absolute atomic E-state index is 0.0386. The van der Waals surface area contributed by atoms with Gasteiger partial charge in [-0.2, -0.15) is 5.26 Å². The molecule has 0 radical (unpaired) electrons. The van der Waals surface area contributed by atoms with Crippen LogP contribution in [0.5, 0.6) is 11.5 Å². The van der Waals surface area contributed by atoms with Gasteiger partial charge < -0.3 is 25.2 Å². The Kier molecular flexibility index (Phi) is 8.04. The number of nitrogens with one attached hydrogen (secondary N) is 2. The lowest BCUT2D eigenvalue weighted by atomic mass is 10.1. The third-order valence-electron chi connectivity index (χ3n) is 4.35. The Morgan fingerprint density at radius 2 is 1.91 bits per heavy atom. The Morgan fingerprint density at radius 1 is 1.19 bits per heavy atom. The van der Waals surface area contributed by atoms with E-state index < -0.39 is 29.9 Å². The molecule has 0 spiro atoms. The van der Waals surface area contributed by atoms with Crippen molar-refractivity contribution >= 4 is 29.4 Å². The predicted octanol–water partition coefficient (Wildman–Crippen LogP) is 2.51. The predicted molar refractivity (Wildman–Crippen MR) is 116 cm³/mol. The molecule has 168 valence electrons. The summed E-state index contributed by atoms with van der Waals surface area (Å²) in [6.07, 6.45) is 0. The number of carboxylic acid groups (broad SMARTS) is 1. The molecule has 9 nitrogen and oxygen atoms in total. The van der Waals surface area contributed by atoms with E-state index in [2.05, 4.69) is 10.6 Å². The second-order valence-electron chi connectivity index (χ2n) is 7.26. The van der Waals surface area contributed by atoms with Gasteiger partial charge in [0, 0.05) is 22.7 Å². The first kappa shape index (κ1) is 24.5. The van der Waals surface area contributed by atoms with Gasteiger partial charge >= 0.3 is 5.97 Å². The van der Waals surface area contributed by atoms with E-state index in [9.17, 15) is 14.4 Å². The SMILES string of the molecule is COc1cc(Cl)cc(C(=O)NCc2ccc(C#N)cc2OCC(=O)NC(C)(C)C(=O)O)c1. The second kappa shape index (κ2) is 10.5. The van der Waals surface area contributed by atoms with Gasteiger partial charge in [0.05, 0.1) is 18.7 Å². The van der Waals surface area contributed by atoms with E-state index in [-0.39, 0.29) is 12.3 Å². The summed E-state index contributed by atoms with van der Waals surface area (Å²) >= 11 is 6.00. The highest BCUT2D eigenvalue weighted by Gasteiger charge is 2.29. The van der Waals surface area contributed by atoms with Crippen molar-refractivity contribution in [2.24, 2.45) is 0 Å². The fourth-order valence-corrected chi connectivity index (χ4v) is 2.80. The molecule has 0 fully saturated rings. The topological polar surface area (TPSA) is 138 Å². The van der Waals surface area contributed by atoms with Crippen LogP contribution in [0.15, 0.2) is 36.4 Å². The molecule has 0 aromatic heterocycles. The lowest BCUT2D eigenvalue weighted by Gasteiger charge is -2.21. The number of rotatable bonds is 9. The Labute approximate surface area is 189 Å². The van der Waals surface area contributed by atoms with Crippen molar-refractivity contribution in [3.63, 3.8) is 0 Å². The van der Waals surface area contributed by atoms with Crippen molar-refractivity contribution in [3.8, 4) is 17.6 Å². The van der Waals surface area contributed by atoms with Crippen LogP contribution >= 0.6 is 11.6 Å². The normalized spacial score (nSPS) is 10.6. The summed E-state index contributed by atoms with van der Waals surface area (Å²) in [7, 11) is 1.46. The van der Waals surface area contributed by atoms with Crippen LogP contribution in [0.25, 0.3) is 0 Å². The molecule has 0 heterocycles. The monoisotopic (exact) mass is 459 g/mol. The first-order valence-electron chi connectivity index (χ1n) is 9.38. The third-order valence-corrected chi connectivity index (χ3v) is 4.57. The van der Waals surface area contributed by atoms with Crippen molar-refractivity contribution in [3.05, 3.63) is 58.1 Å². The quantitative estimate of drug-likeness (QED) is 0.523. The largest absolute Gasteiger partial charge is 0.497 e. The molecule has 2 amide bonds. The zero-order valence-electron chi connectivity index (χ0n) is 17.7. The zero-order valence-corrected chi connectivity index (χ0v) is 18.4. The number of hydrogen-bond acceptors (Lipinski definition) is 6. The summed E-state index contributed by atoms with van der Waals surface area (Å²) in [5.74, 6) is -1.63. The molecule has 2 aromatic rings. The molecule has 0 bridgehead atoms. The molecule has 0 saturated heterocycles. The highest BCUT2D eigenvalue weighted by atomic mass is 35.5. The van der Waals surface area contributed by atoms with E-state index >= 15 is 0 Å². The molecule has 0 unspecified atom stereocenters. The molecule has 10 heteroatoms. The third kappa shape index (κ3) is 6.62. The van der Waals surface area contributed by atoms with E-state index in [0.29, 0.717) is 27.5 Å². The first-order chi connectivity index (χ1) is 15.1. The van der Waals surface area contributed by atoms with E-state index in [1.807, 2.05) is 6.07 Å². The number of hydrogen-bond donors (Lipinski definition) is 3. The van der Waals surface area contributed by atoms with Crippen LogP contribution in [-0.2, 0) is 16.1 Å². The van der Waals surface area contributed by atoms with Crippen molar-refractivity contribution in [2.45, 2.75) is 25.9 Å². The zero-order chi connectivity index (χ0) is 23.9. The van der Waals surface area contributed by atoms with Gasteiger partial charge in [-0.1, -0.05) is 17.7 Å². The van der Waals surface area contributed by atoms with Crippen LogP contribution < -0.4 is 20.1 Å². The molecular weight excluding hydrogens is 438 g/mol. The van der Waals surface area contributed by atoms with E-state index in [4.69, 9.17) is 31.4 Å². The smallest absolute Gasteiger partial charge is 0.328 e. The molecule has 32 heavy (non-hydrogen) atoms. The molecule has 0 aliphatic heterocycles. The molecule has 0 aliphatic rings. The summed E-state index contributed by atoms with van der Waals surface area (Å²) in [5, 5.41) is 23.6. The average molecular weight is 460 g/mol.